The highest BCUT2D eigenvalue weighted by Gasteiger charge is 1.95. The fourth-order valence-electron chi connectivity index (χ4n) is 0.827. The third-order valence-electron chi connectivity index (χ3n) is 1.87. The lowest BCUT2D eigenvalue weighted by molar-refractivity contribution is 0.504. The van der Waals surface area contributed by atoms with Crippen LogP contribution in [0.2, 0.25) is 0 Å². The highest BCUT2D eigenvalue weighted by atomic mass is 14.0. The summed E-state index contributed by atoms with van der Waals surface area (Å²) in [6, 6.07) is 0. The summed E-state index contributed by atoms with van der Waals surface area (Å²) in [7, 11) is 0. The molecule has 1 aliphatic rings. The molecular weight excluding hydrogens is 120 g/mol. The molecule has 0 spiro atoms. The lowest BCUT2D eigenvalue weighted by Crippen LogP contribution is -1.85. The van der Waals surface area contributed by atoms with Gasteiger partial charge in [0.25, 0.3) is 0 Å². The summed E-state index contributed by atoms with van der Waals surface area (Å²) in [6.45, 7) is 6.73. The molecule has 1 fully saturated rings. The zero-order valence-electron chi connectivity index (χ0n) is 7.82. The van der Waals surface area contributed by atoms with E-state index in [1.807, 2.05) is 0 Å². The van der Waals surface area contributed by atoms with E-state index in [0.29, 0.717) is 0 Å². The predicted octanol–water partition coefficient (Wildman–Crippen LogP) is 4.00. The quantitative estimate of drug-likeness (QED) is 0.546. The Morgan fingerprint density at radius 1 is 1.00 bits per heavy atom. The minimum absolute atomic E-state index is 0.898. The molecule has 0 bridgehead atoms. The van der Waals surface area contributed by atoms with E-state index in [0.717, 1.165) is 5.92 Å². The van der Waals surface area contributed by atoms with Crippen molar-refractivity contribution in [3.05, 3.63) is 0 Å². The van der Waals surface area contributed by atoms with Crippen LogP contribution in [0, 0.1) is 5.92 Å². The highest BCUT2D eigenvalue weighted by molar-refractivity contribution is 4.50. The first-order valence-corrected chi connectivity index (χ1v) is 4.77. The highest BCUT2D eigenvalue weighted by Crippen LogP contribution is 2.15. The van der Waals surface area contributed by atoms with Gasteiger partial charge in [0, 0.05) is 0 Å². The molecule has 62 valence electrons. The first kappa shape index (κ1) is 10.0. The largest absolute Gasteiger partial charge is 0.0654 e. The summed E-state index contributed by atoms with van der Waals surface area (Å²) in [5.74, 6) is 0.898. The van der Waals surface area contributed by atoms with Crippen molar-refractivity contribution in [2.45, 2.75) is 59.3 Å². The molecule has 0 heterocycles. The van der Waals surface area contributed by atoms with Gasteiger partial charge in [0.15, 0.2) is 0 Å². The zero-order chi connectivity index (χ0) is 7.82. The fraction of sp³-hybridized carbons (Fsp3) is 1.00. The smallest absolute Gasteiger partial charge is 0.0471 e. The third-order valence-corrected chi connectivity index (χ3v) is 1.87. The van der Waals surface area contributed by atoms with Crippen molar-refractivity contribution in [2.24, 2.45) is 5.92 Å². The molecule has 0 aromatic rings. The minimum atomic E-state index is 0.898. The van der Waals surface area contributed by atoms with Gasteiger partial charge in [0.1, 0.15) is 0 Å². The molecule has 0 atom stereocenters. The van der Waals surface area contributed by atoms with Crippen molar-refractivity contribution < 1.29 is 0 Å². The van der Waals surface area contributed by atoms with Crippen LogP contribution in [0.1, 0.15) is 59.3 Å². The number of hydrogen-bond donors (Lipinski definition) is 0. The van der Waals surface area contributed by atoms with Gasteiger partial charge in [-0.1, -0.05) is 59.3 Å². The van der Waals surface area contributed by atoms with Gasteiger partial charge in [-0.25, -0.2) is 0 Å². The van der Waals surface area contributed by atoms with Gasteiger partial charge < -0.3 is 0 Å². The Morgan fingerprint density at radius 3 is 1.40 bits per heavy atom. The Kier molecular flexibility index (Phi) is 7.11. The van der Waals surface area contributed by atoms with E-state index in [-0.39, 0.29) is 0 Å². The summed E-state index contributed by atoms with van der Waals surface area (Å²) in [5.41, 5.74) is 0. The topological polar surface area (TPSA) is 0 Å². The molecule has 0 unspecified atom stereocenters. The Bertz CT molecular complexity index is 47.1. The van der Waals surface area contributed by atoms with Crippen molar-refractivity contribution in [1.29, 1.82) is 0 Å². The normalized spacial score (nSPS) is 15.6. The maximum absolute atomic E-state index is 2.25. The van der Waals surface area contributed by atoms with E-state index >= 15 is 0 Å². The second-order valence-corrected chi connectivity index (χ2v) is 3.60. The maximum atomic E-state index is 2.25. The SMILES string of the molecule is C1CCC1.CCCC(C)C. The molecule has 0 nitrogen and oxygen atoms in total. The molecule has 0 aromatic heterocycles. The van der Waals surface area contributed by atoms with Crippen LogP contribution in [0.25, 0.3) is 0 Å². The van der Waals surface area contributed by atoms with Crippen LogP contribution in [0.3, 0.4) is 0 Å². The van der Waals surface area contributed by atoms with Gasteiger partial charge in [-0.3, -0.25) is 0 Å². The molecule has 10 heavy (non-hydrogen) atoms. The van der Waals surface area contributed by atoms with E-state index in [2.05, 4.69) is 20.8 Å². The van der Waals surface area contributed by atoms with E-state index in [9.17, 15) is 0 Å². The summed E-state index contributed by atoms with van der Waals surface area (Å²) in [5, 5.41) is 0. The van der Waals surface area contributed by atoms with Crippen LogP contribution < -0.4 is 0 Å². The maximum Gasteiger partial charge on any atom is -0.0471 e. The molecule has 1 aliphatic carbocycles. The van der Waals surface area contributed by atoms with Crippen molar-refractivity contribution in [2.75, 3.05) is 0 Å². The van der Waals surface area contributed by atoms with E-state index in [1.165, 1.54) is 38.5 Å². The second kappa shape index (κ2) is 7.11. The van der Waals surface area contributed by atoms with Crippen LogP contribution in [0.15, 0.2) is 0 Å². The average molecular weight is 142 g/mol. The molecule has 1 rings (SSSR count). The molecule has 1 saturated carbocycles. The Labute approximate surface area is 66.0 Å². The fourth-order valence-corrected chi connectivity index (χ4v) is 0.827. The second-order valence-electron chi connectivity index (χ2n) is 3.60. The summed E-state index contributed by atoms with van der Waals surface area (Å²) in [4.78, 5) is 0. The van der Waals surface area contributed by atoms with Crippen molar-refractivity contribution >= 4 is 0 Å². The Balaban J connectivity index is 0.000000172. The standard InChI is InChI=1S/C6H14.C4H8/c1-4-5-6(2)3;1-2-4-3-1/h6H,4-5H2,1-3H3;1-4H2. The molecule has 0 aliphatic heterocycles. The monoisotopic (exact) mass is 142 g/mol. The van der Waals surface area contributed by atoms with Crippen molar-refractivity contribution in [3.8, 4) is 0 Å². The van der Waals surface area contributed by atoms with Crippen LogP contribution in [-0.4, -0.2) is 0 Å². The number of hydrogen-bond acceptors (Lipinski definition) is 0. The van der Waals surface area contributed by atoms with Crippen LogP contribution in [0.5, 0.6) is 0 Å². The lowest BCUT2D eigenvalue weighted by atomic mass is 10.0. The van der Waals surface area contributed by atoms with Crippen molar-refractivity contribution in [1.82, 2.24) is 0 Å². The molecular formula is C10H22. The van der Waals surface area contributed by atoms with Gasteiger partial charge in [0.05, 0.1) is 0 Å². The molecule has 0 saturated heterocycles. The van der Waals surface area contributed by atoms with Crippen LogP contribution in [-0.2, 0) is 0 Å². The summed E-state index contributed by atoms with van der Waals surface area (Å²) in [6.07, 6.45) is 8.71. The van der Waals surface area contributed by atoms with Crippen LogP contribution in [0.4, 0.5) is 0 Å². The summed E-state index contributed by atoms with van der Waals surface area (Å²) >= 11 is 0. The van der Waals surface area contributed by atoms with Gasteiger partial charge in [-0.15, -0.1) is 0 Å². The summed E-state index contributed by atoms with van der Waals surface area (Å²) < 4.78 is 0. The van der Waals surface area contributed by atoms with E-state index in [1.54, 1.807) is 0 Å². The molecule has 0 heteroatoms. The first-order valence-electron chi connectivity index (χ1n) is 4.77. The molecule has 0 radical (unpaired) electrons. The minimum Gasteiger partial charge on any atom is -0.0654 e. The van der Waals surface area contributed by atoms with Gasteiger partial charge >= 0.3 is 0 Å². The number of rotatable bonds is 2. The van der Waals surface area contributed by atoms with E-state index < -0.39 is 0 Å². The molecule has 0 amide bonds. The van der Waals surface area contributed by atoms with E-state index in [4.69, 9.17) is 0 Å². The van der Waals surface area contributed by atoms with Crippen molar-refractivity contribution in [3.63, 3.8) is 0 Å². The van der Waals surface area contributed by atoms with Gasteiger partial charge in [-0.2, -0.15) is 0 Å². The Hall–Kier alpha value is 0. The molecule has 0 N–H and O–H groups in total. The lowest BCUT2D eigenvalue weighted by Gasteiger charge is -2.05. The van der Waals surface area contributed by atoms with Gasteiger partial charge in [0.2, 0.25) is 0 Å². The zero-order valence-corrected chi connectivity index (χ0v) is 7.82. The first-order chi connectivity index (χ1) is 4.77. The average Bonchev–Trinajstić information content (AvgIpc) is 1.58. The Morgan fingerprint density at radius 2 is 1.40 bits per heavy atom. The predicted molar refractivity (Wildman–Crippen MR) is 48.2 cm³/mol. The van der Waals surface area contributed by atoms with Gasteiger partial charge in [-0.05, 0) is 5.92 Å². The third kappa shape index (κ3) is 8.00. The van der Waals surface area contributed by atoms with Crippen LogP contribution >= 0.6 is 0 Å². The molecule has 0 aromatic carbocycles.